The summed E-state index contributed by atoms with van der Waals surface area (Å²) in [4.78, 5) is 12.0. The van der Waals surface area contributed by atoms with Crippen LogP contribution >= 0.6 is 0 Å². The zero-order valence-corrected chi connectivity index (χ0v) is 14.3. The molecule has 0 spiro atoms. The number of benzene rings is 1. The van der Waals surface area contributed by atoms with Crippen molar-refractivity contribution in [2.75, 3.05) is 13.2 Å². The molecule has 1 unspecified atom stereocenters. The number of aryl methyl sites for hydroxylation is 3. The Kier molecular flexibility index (Phi) is 6.81. The van der Waals surface area contributed by atoms with Crippen molar-refractivity contribution in [1.29, 1.82) is 0 Å². The predicted octanol–water partition coefficient (Wildman–Crippen LogP) is 1.95. The largest absolute Gasteiger partial charge is 0.394 e. The summed E-state index contributed by atoms with van der Waals surface area (Å²) in [5, 5.41) is 19.3. The number of aliphatic hydroxyl groups excluding tert-OH is 1. The first-order valence-electron chi connectivity index (χ1n) is 8.34. The lowest BCUT2D eigenvalue weighted by Gasteiger charge is -2.17. The fourth-order valence-electron chi connectivity index (χ4n) is 2.52. The smallest absolute Gasteiger partial charge is 0.315 e. The third kappa shape index (κ3) is 5.38. The van der Waals surface area contributed by atoms with Crippen LogP contribution in [0.25, 0.3) is 0 Å². The number of hydrogen-bond acceptors (Lipinski definition) is 3. The molecule has 2 aromatic rings. The van der Waals surface area contributed by atoms with E-state index >= 15 is 0 Å². The van der Waals surface area contributed by atoms with Crippen LogP contribution in [0.5, 0.6) is 0 Å². The molecule has 1 aromatic heterocycles. The fourth-order valence-corrected chi connectivity index (χ4v) is 2.52. The van der Waals surface area contributed by atoms with E-state index in [2.05, 4.69) is 22.7 Å². The van der Waals surface area contributed by atoms with Crippen molar-refractivity contribution in [3.8, 4) is 0 Å². The van der Waals surface area contributed by atoms with Crippen LogP contribution in [0.4, 0.5) is 4.79 Å². The molecule has 1 heterocycles. The first kappa shape index (κ1) is 18.0. The van der Waals surface area contributed by atoms with Crippen molar-refractivity contribution >= 4 is 6.03 Å². The van der Waals surface area contributed by atoms with Crippen molar-refractivity contribution < 1.29 is 9.90 Å². The van der Waals surface area contributed by atoms with E-state index in [1.54, 1.807) is 4.68 Å². The molecule has 0 saturated heterocycles. The normalized spacial score (nSPS) is 12.0. The summed E-state index contributed by atoms with van der Waals surface area (Å²) in [6.07, 6.45) is 6.49. The molecule has 0 aliphatic carbocycles. The first-order chi connectivity index (χ1) is 11.6. The van der Waals surface area contributed by atoms with Gasteiger partial charge in [0.15, 0.2) is 0 Å². The molecule has 0 fully saturated rings. The molecule has 0 aliphatic rings. The highest BCUT2D eigenvalue weighted by Gasteiger charge is 2.13. The van der Waals surface area contributed by atoms with Gasteiger partial charge in [0.2, 0.25) is 0 Å². The lowest BCUT2D eigenvalue weighted by atomic mass is 10.0. The average Bonchev–Trinajstić information content (AvgIpc) is 3.02. The molecule has 24 heavy (non-hydrogen) atoms. The topological polar surface area (TPSA) is 79.2 Å². The summed E-state index contributed by atoms with van der Waals surface area (Å²) in [5.41, 5.74) is 3.29. The van der Waals surface area contributed by atoms with Gasteiger partial charge in [-0.3, -0.25) is 4.68 Å². The van der Waals surface area contributed by atoms with Crippen molar-refractivity contribution in [3.63, 3.8) is 0 Å². The van der Waals surface area contributed by atoms with Crippen molar-refractivity contribution in [2.24, 2.45) is 7.05 Å². The number of amides is 2. The minimum Gasteiger partial charge on any atom is -0.394 e. The summed E-state index contributed by atoms with van der Waals surface area (Å²) < 4.78 is 1.77. The van der Waals surface area contributed by atoms with E-state index in [0.717, 1.165) is 30.4 Å². The minimum absolute atomic E-state index is 0.130. The SMILES string of the molecule is CCc1ccc(C(CO)NC(=O)NCCCc2cnn(C)c2)cc1. The second kappa shape index (κ2) is 9.08. The minimum atomic E-state index is -0.394. The van der Waals surface area contributed by atoms with E-state index in [0.29, 0.717) is 6.54 Å². The lowest BCUT2D eigenvalue weighted by Crippen LogP contribution is -2.39. The average molecular weight is 330 g/mol. The fraction of sp³-hybridized carbons (Fsp3) is 0.444. The number of nitrogens with zero attached hydrogens (tertiary/aromatic N) is 2. The van der Waals surface area contributed by atoms with Gasteiger partial charge in [-0.2, -0.15) is 5.10 Å². The van der Waals surface area contributed by atoms with Gasteiger partial charge in [-0.1, -0.05) is 31.2 Å². The number of nitrogens with one attached hydrogen (secondary N) is 2. The van der Waals surface area contributed by atoms with Crippen LogP contribution in [0.15, 0.2) is 36.7 Å². The molecule has 130 valence electrons. The molecule has 0 radical (unpaired) electrons. The highest BCUT2D eigenvalue weighted by atomic mass is 16.3. The van der Waals surface area contributed by atoms with Crippen LogP contribution in [0.3, 0.4) is 0 Å². The monoisotopic (exact) mass is 330 g/mol. The zero-order valence-electron chi connectivity index (χ0n) is 14.3. The summed E-state index contributed by atoms with van der Waals surface area (Å²) in [6, 6.07) is 7.27. The molecule has 6 nitrogen and oxygen atoms in total. The van der Waals surface area contributed by atoms with Crippen LogP contribution in [-0.2, 0) is 19.9 Å². The summed E-state index contributed by atoms with van der Waals surface area (Å²) in [6.45, 7) is 2.54. The predicted molar refractivity (Wildman–Crippen MR) is 93.7 cm³/mol. The zero-order chi connectivity index (χ0) is 17.4. The Hall–Kier alpha value is -2.34. The van der Waals surface area contributed by atoms with Crippen molar-refractivity contribution in [1.82, 2.24) is 20.4 Å². The maximum absolute atomic E-state index is 12.0. The van der Waals surface area contributed by atoms with Gasteiger partial charge in [0, 0.05) is 19.8 Å². The highest BCUT2D eigenvalue weighted by molar-refractivity contribution is 5.74. The first-order valence-corrected chi connectivity index (χ1v) is 8.34. The van der Waals surface area contributed by atoms with Gasteiger partial charge in [-0.15, -0.1) is 0 Å². The van der Waals surface area contributed by atoms with E-state index in [1.165, 1.54) is 5.56 Å². The molecule has 0 saturated carbocycles. The molecule has 0 aliphatic heterocycles. The van der Waals surface area contributed by atoms with Crippen LogP contribution in [0.2, 0.25) is 0 Å². The quantitative estimate of drug-likeness (QED) is 0.647. The number of urea groups is 1. The standard InChI is InChI=1S/C18H26N4O2/c1-3-14-6-8-16(9-7-14)17(13-23)21-18(24)19-10-4-5-15-11-20-22(2)12-15/h6-9,11-12,17,23H,3-5,10,13H2,1-2H3,(H2,19,21,24). The van der Waals surface area contributed by atoms with Crippen molar-refractivity contribution in [2.45, 2.75) is 32.2 Å². The molecular weight excluding hydrogens is 304 g/mol. The molecule has 2 rings (SSSR count). The third-order valence-corrected chi connectivity index (χ3v) is 3.96. The number of carbonyl (C=O) groups is 1. The Balaban J connectivity index is 1.74. The van der Waals surface area contributed by atoms with Gasteiger partial charge in [0.1, 0.15) is 0 Å². The Morgan fingerprint density at radius 1 is 1.29 bits per heavy atom. The third-order valence-electron chi connectivity index (χ3n) is 3.96. The van der Waals surface area contributed by atoms with Gasteiger partial charge in [0.05, 0.1) is 18.8 Å². The molecule has 0 bridgehead atoms. The molecule has 1 atom stereocenters. The summed E-state index contributed by atoms with van der Waals surface area (Å²) in [7, 11) is 1.89. The second-order valence-electron chi connectivity index (χ2n) is 5.86. The molecule has 3 N–H and O–H groups in total. The number of carbonyl (C=O) groups excluding carboxylic acids is 1. The van der Waals surface area contributed by atoms with E-state index in [4.69, 9.17) is 0 Å². The maximum atomic E-state index is 12.0. The van der Waals surface area contributed by atoms with Crippen LogP contribution in [0.1, 0.15) is 36.1 Å². The van der Waals surface area contributed by atoms with Gasteiger partial charge in [-0.05, 0) is 36.0 Å². The van der Waals surface area contributed by atoms with E-state index in [9.17, 15) is 9.90 Å². The van der Waals surface area contributed by atoms with Crippen LogP contribution < -0.4 is 10.6 Å². The number of rotatable bonds is 8. The molecule has 1 aromatic carbocycles. The second-order valence-corrected chi connectivity index (χ2v) is 5.86. The van der Waals surface area contributed by atoms with Crippen LogP contribution in [-0.4, -0.2) is 34.1 Å². The molecule has 6 heteroatoms. The number of aromatic nitrogens is 2. The van der Waals surface area contributed by atoms with Crippen molar-refractivity contribution in [3.05, 3.63) is 53.3 Å². The van der Waals surface area contributed by atoms with Crippen LogP contribution in [0, 0.1) is 0 Å². The molecule has 2 amide bonds. The Labute approximate surface area is 142 Å². The van der Waals surface area contributed by atoms with E-state index in [-0.39, 0.29) is 12.6 Å². The molecular formula is C18H26N4O2. The van der Waals surface area contributed by atoms with Gasteiger partial charge in [-0.25, -0.2) is 4.79 Å². The summed E-state index contributed by atoms with van der Waals surface area (Å²) in [5.74, 6) is 0. The Morgan fingerprint density at radius 3 is 2.62 bits per heavy atom. The van der Waals surface area contributed by atoms with Gasteiger partial charge >= 0.3 is 6.03 Å². The van der Waals surface area contributed by atoms with Gasteiger partial charge in [0.25, 0.3) is 0 Å². The Morgan fingerprint density at radius 2 is 2.04 bits per heavy atom. The summed E-state index contributed by atoms with van der Waals surface area (Å²) >= 11 is 0. The number of hydrogen-bond donors (Lipinski definition) is 3. The highest BCUT2D eigenvalue weighted by Crippen LogP contribution is 2.13. The maximum Gasteiger partial charge on any atom is 0.315 e. The lowest BCUT2D eigenvalue weighted by molar-refractivity contribution is 0.217. The van der Waals surface area contributed by atoms with E-state index < -0.39 is 6.04 Å². The Bertz CT molecular complexity index is 637. The van der Waals surface area contributed by atoms with Gasteiger partial charge < -0.3 is 15.7 Å². The number of aliphatic hydroxyl groups is 1. The van der Waals surface area contributed by atoms with E-state index in [1.807, 2.05) is 43.7 Å².